The molecule has 1 fully saturated rings. The molecule has 132 valence electrons. The van der Waals surface area contributed by atoms with Crippen molar-refractivity contribution in [2.75, 3.05) is 13.2 Å². The summed E-state index contributed by atoms with van der Waals surface area (Å²) in [7, 11) is -0.308. The standard InChI is InChI=1S/C17H24NO5P/c1-2-3-7-17(21,24-22)15-10-18-14(11-23-15)9-12-5-4-6-13(8-12)16(19)20/h4-6,8,14-15,18,21H,2-3,7,9-11H2,1H3,(H,19,20)/t14-,15-,17?/m1/s1. The van der Waals surface area contributed by atoms with Crippen molar-refractivity contribution < 1.29 is 24.3 Å². The molecule has 1 aromatic rings. The molecule has 0 radical (unpaired) electrons. The first-order valence-electron chi connectivity index (χ1n) is 8.22. The van der Waals surface area contributed by atoms with Gasteiger partial charge in [-0.25, -0.2) is 4.79 Å². The molecule has 1 heterocycles. The number of unbranched alkanes of at least 4 members (excludes halogenated alkanes) is 1. The molecule has 0 saturated carbocycles. The average Bonchev–Trinajstić information content (AvgIpc) is 2.60. The van der Waals surface area contributed by atoms with E-state index in [1.54, 1.807) is 18.2 Å². The number of nitrogens with one attached hydrogen (secondary N) is 1. The maximum Gasteiger partial charge on any atom is 0.335 e. The predicted molar refractivity (Wildman–Crippen MR) is 90.7 cm³/mol. The Morgan fingerprint density at radius 2 is 2.29 bits per heavy atom. The number of benzene rings is 1. The van der Waals surface area contributed by atoms with Gasteiger partial charge in [0.05, 0.1) is 12.2 Å². The number of aliphatic hydroxyl groups is 1. The molecule has 1 aliphatic rings. The number of hydrogen-bond acceptors (Lipinski definition) is 5. The molecule has 1 aliphatic heterocycles. The normalized spacial score (nSPS) is 23.8. The second-order valence-electron chi connectivity index (χ2n) is 6.21. The Bertz CT molecular complexity index is 574. The summed E-state index contributed by atoms with van der Waals surface area (Å²) < 4.78 is 17.1. The Morgan fingerprint density at radius 3 is 2.88 bits per heavy atom. The van der Waals surface area contributed by atoms with Gasteiger partial charge >= 0.3 is 5.97 Å². The highest BCUT2D eigenvalue weighted by molar-refractivity contribution is 7.25. The van der Waals surface area contributed by atoms with E-state index in [0.717, 1.165) is 18.4 Å². The third-order valence-electron chi connectivity index (χ3n) is 4.32. The zero-order valence-corrected chi connectivity index (χ0v) is 14.7. The van der Waals surface area contributed by atoms with Gasteiger partial charge in [0.2, 0.25) is 0 Å². The van der Waals surface area contributed by atoms with Crippen LogP contribution >= 0.6 is 8.46 Å². The molecule has 0 aromatic heterocycles. The SMILES string of the molecule is CCCCC(O)(P=O)[C@H]1CN[C@H](Cc2cccc(C(=O)O)c2)CO1. The zero-order valence-electron chi connectivity index (χ0n) is 13.8. The van der Waals surface area contributed by atoms with Crippen LogP contribution in [0.25, 0.3) is 0 Å². The molecule has 7 heteroatoms. The molecule has 3 atom stereocenters. The maximum atomic E-state index is 11.4. The third kappa shape index (κ3) is 4.84. The summed E-state index contributed by atoms with van der Waals surface area (Å²) in [5.41, 5.74) is 1.18. The van der Waals surface area contributed by atoms with E-state index in [0.29, 0.717) is 26.0 Å². The number of carboxylic acids is 1. The van der Waals surface area contributed by atoms with E-state index in [4.69, 9.17) is 9.84 Å². The Kier molecular flexibility index (Phi) is 6.87. The zero-order chi connectivity index (χ0) is 17.6. The van der Waals surface area contributed by atoms with Crippen molar-refractivity contribution in [3.05, 3.63) is 35.4 Å². The van der Waals surface area contributed by atoms with Crippen LogP contribution in [0, 0.1) is 0 Å². The van der Waals surface area contributed by atoms with Gasteiger partial charge in [0.1, 0.15) is 6.10 Å². The number of aromatic carboxylic acids is 1. The first-order valence-corrected chi connectivity index (χ1v) is 9.04. The van der Waals surface area contributed by atoms with E-state index < -0.39 is 17.4 Å². The van der Waals surface area contributed by atoms with Crippen LogP contribution in [0.2, 0.25) is 0 Å². The van der Waals surface area contributed by atoms with E-state index in [1.807, 2.05) is 13.0 Å². The number of ether oxygens (including phenoxy) is 1. The van der Waals surface area contributed by atoms with Crippen LogP contribution in [0.3, 0.4) is 0 Å². The van der Waals surface area contributed by atoms with Gasteiger partial charge in [-0.3, -0.25) is 4.57 Å². The summed E-state index contributed by atoms with van der Waals surface area (Å²) in [5.74, 6) is -0.944. The Morgan fingerprint density at radius 1 is 1.50 bits per heavy atom. The van der Waals surface area contributed by atoms with E-state index in [-0.39, 0.29) is 20.1 Å². The lowest BCUT2D eigenvalue weighted by atomic mass is 10.0. The van der Waals surface area contributed by atoms with Gasteiger partial charge in [0.25, 0.3) is 0 Å². The van der Waals surface area contributed by atoms with E-state index in [1.165, 1.54) is 0 Å². The van der Waals surface area contributed by atoms with Crippen molar-refractivity contribution >= 4 is 14.4 Å². The minimum atomic E-state index is -1.35. The molecule has 1 aromatic carbocycles. The van der Waals surface area contributed by atoms with Crippen LogP contribution in [0.4, 0.5) is 0 Å². The second kappa shape index (κ2) is 8.67. The summed E-state index contributed by atoms with van der Waals surface area (Å²) in [6.07, 6.45) is 2.27. The topological polar surface area (TPSA) is 95.9 Å². The Hall–Kier alpha value is -1.33. The summed E-state index contributed by atoms with van der Waals surface area (Å²) in [6.45, 7) is 2.81. The predicted octanol–water partition coefficient (Wildman–Crippen LogP) is 2.45. The number of rotatable bonds is 8. The summed E-state index contributed by atoms with van der Waals surface area (Å²) in [6, 6.07) is 6.86. The van der Waals surface area contributed by atoms with Crippen molar-refractivity contribution in [1.29, 1.82) is 0 Å². The number of morpholine rings is 1. The third-order valence-corrected chi connectivity index (χ3v) is 5.15. The van der Waals surface area contributed by atoms with Gasteiger partial charge in [-0.1, -0.05) is 25.5 Å². The molecule has 6 nitrogen and oxygen atoms in total. The van der Waals surface area contributed by atoms with Crippen LogP contribution in [-0.2, 0) is 15.7 Å². The molecular formula is C17H24NO5P. The maximum absolute atomic E-state index is 11.4. The first kappa shape index (κ1) is 19.0. The lowest BCUT2D eigenvalue weighted by molar-refractivity contribution is -0.0884. The molecule has 1 saturated heterocycles. The van der Waals surface area contributed by atoms with Crippen molar-refractivity contribution in [2.24, 2.45) is 0 Å². The van der Waals surface area contributed by atoms with Crippen LogP contribution in [-0.4, -0.2) is 46.8 Å². The lowest BCUT2D eigenvalue weighted by Gasteiger charge is -2.37. The lowest BCUT2D eigenvalue weighted by Crippen LogP contribution is -2.54. The van der Waals surface area contributed by atoms with Crippen LogP contribution in [0.1, 0.15) is 42.1 Å². The molecule has 0 aliphatic carbocycles. The number of hydrogen-bond donors (Lipinski definition) is 3. The molecule has 2 rings (SSSR count). The fraction of sp³-hybridized carbons (Fsp3) is 0.588. The van der Waals surface area contributed by atoms with Crippen molar-refractivity contribution in [3.8, 4) is 0 Å². The number of carbonyl (C=O) groups is 1. The summed E-state index contributed by atoms with van der Waals surface area (Å²) in [5, 5.41) is 21.5. The monoisotopic (exact) mass is 353 g/mol. The molecular weight excluding hydrogens is 329 g/mol. The van der Waals surface area contributed by atoms with Gasteiger partial charge in [0, 0.05) is 12.6 Å². The Labute approximate surface area is 143 Å². The van der Waals surface area contributed by atoms with Crippen molar-refractivity contribution in [1.82, 2.24) is 5.32 Å². The average molecular weight is 353 g/mol. The first-order chi connectivity index (χ1) is 11.5. The largest absolute Gasteiger partial charge is 0.478 e. The molecule has 0 amide bonds. The van der Waals surface area contributed by atoms with Gasteiger partial charge in [-0.15, -0.1) is 0 Å². The smallest absolute Gasteiger partial charge is 0.335 e. The van der Waals surface area contributed by atoms with Crippen LogP contribution < -0.4 is 5.32 Å². The van der Waals surface area contributed by atoms with E-state index in [9.17, 15) is 14.5 Å². The fourth-order valence-electron chi connectivity index (χ4n) is 2.87. The fourth-order valence-corrected chi connectivity index (χ4v) is 3.40. The van der Waals surface area contributed by atoms with Crippen LogP contribution in [0.15, 0.2) is 24.3 Å². The number of carboxylic acid groups (broad SMARTS) is 1. The molecule has 1 unspecified atom stereocenters. The molecule has 24 heavy (non-hydrogen) atoms. The second-order valence-corrected chi connectivity index (χ2v) is 7.17. The van der Waals surface area contributed by atoms with E-state index >= 15 is 0 Å². The minimum Gasteiger partial charge on any atom is -0.478 e. The Balaban J connectivity index is 1.91. The molecule has 0 bridgehead atoms. The van der Waals surface area contributed by atoms with Crippen LogP contribution in [0.5, 0.6) is 0 Å². The van der Waals surface area contributed by atoms with Gasteiger partial charge in [0.15, 0.2) is 13.8 Å². The van der Waals surface area contributed by atoms with Gasteiger partial charge in [-0.05, 0) is 37.0 Å². The van der Waals surface area contributed by atoms with E-state index in [2.05, 4.69) is 5.32 Å². The van der Waals surface area contributed by atoms with Crippen molar-refractivity contribution in [2.45, 2.75) is 50.1 Å². The van der Waals surface area contributed by atoms with Crippen molar-refractivity contribution in [3.63, 3.8) is 0 Å². The van der Waals surface area contributed by atoms with Gasteiger partial charge in [-0.2, -0.15) is 0 Å². The molecule has 3 N–H and O–H groups in total. The highest BCUT2D eigenvalue weighted by Crippen LogP contribution is 2.33. The summed E-state index contributed by atoms with van der Waals surface area (Å²) >= 11 is 0. The minimum absolute atomic E-state index is 0.0315. The van der Waals surface area contributed by atoms with Gasteiger partial charge < -0.3 is 20.3 Å². The molecule has 0 spiro atoms. The highest BCUT2D eigenvalue weighted by Gasteiger charge is 2.40. The summed E-state index contributed by atoms with van der Waals surface area (Å²) in [4.78, 5) is 11.0. The quantitative estimate of drug-likeness (QED) is 0.622. The highest BCUT2D eigenvalue weighted by atomic mass is 31.1.